The molecule has 6 nitrogen and oxygen atoms in total. The van der Waals surface area contributed by atoms with Gasteiger partial charge >= 0.3 is 0 Å². The van der Waals surface area contributed by atoms with Crippen LogP contribution >= 0.6 is 0 Å². The van der Waals surface area contributed by atoms with Gasteiger partial charge in [-0.1, -0.05) is 0 Å². The maximum Gasteiger partial charge on any atom is 0.279 e. The van der Waals surface area contributed by atoms with Crippen molar-refractivity contribution in [2.24, 2.45) is 0 Å². The first-order chi connectivity index (χ1) is 14.1. The first-order valence-electron chi connectivity index (χ1n) is 10.3. The number of rotatable bonds is 8. The average Bonchev–Trinajstić information content (AvgIpc) is 3.50. The van der Waals surface area contributed by atoms with Crippen LogP contribution in [0.15, 0.2) is 48.5 Å². The number of carbonyl (C=O) groups excluding carboxylic acids is 2. The van der Waals surface area contributed by atoms with Crippen molar-refractivity contribution < 1.29 is 19.2 Å². The molecular formula is C23H28N3O3+. The summed E-state index contributed by atoms with van der Waals surface area (Å²) in [6.45, 7) is 2.05. The van der Waals surface area contributed by atoms with E-state index in [1.807, 2.05) is 36.4 Å². The Morgan fingerprint density at radius 2 is 1.86 bits per heavy atom. The third-order valence-electron chi connectivity index (χ3n) is 5.67. The number of amides is 2. The van der Waals surface area contributed by atoms with Gasteiger partial charge in [-0.3, -0.25) is 9.59 Å². The molecule has 0 bridgehead atoms. The molecule has 1 heterocycles. The highest BCUT2D eigenvalue weighted by molar-refractivity contribution is 5.96. The highest BCUT2D eigenvalue weighted by Crippen LogP contribution is 2.23. The number of methoxy groups -OCH3 is 1. The van der Waals surface area contributed by atoms with Gasteiger partial charge in [-0.15, -0.1) is 0 Å². The van der Waals surface area contributed by atoms with E-state index < -0.39 is 0 Å². The molecule has 1 atom stereocenters. The highest BCUT2D eigenvalue weighted by atomic mass is 16.5. The average molecular weight is 394 g/mol. The first-order valence-corrected chi connectivity index (χ1v) is 10.3. The van der Waals surface area contributed by atoms with E-state index in [0.717, 1.165) is 36.6 Å². The lowest BCUT2D eigenvalue weighted by molar-refractivity contribution is -0.916. The van der Waals surface area contributed by atoms with Crippen LogP contribution in [-0.2, 0) is 16.1 Å². The summed E-state index contributed by atoms with van der Waals surface area (Å²) in [7, 11) is 1.66. The molecule has 152 valence electrons. The Bertz CT molecular complexity index is 860. The van der Waals surface area contributed by atoms with Crippen LogP contribution in [0.2, 0.25) is 0 Å². The van der Waals surface area contributed by atoms with Crippen LogP contribution < -0.4 is 19.9 Å². The molecule has 2 aromatic carbocycles. The Labute approximate surface area is 171 Å². The minimum atomic E-state index is 0.0189. The van der Waals surface area contributed by atoms with E-state index in [0.29, 0.717) is 19.0 Å². The first kappa shape index (κ1) is 19.5. The molecule has 1 saturated heterocycles. The SMILES string of the molecule is COc1ccc(C[NH+](CC(=O)Nc2ccc(N3CCCC3=O)cc2)C2CC2)cc1. The number of nitrogens with zero attached hydrogens (tertiary/aromatic N) is 1. The summed E-state index contributed by atoms with van der Waals surface area (Å²) < 4.78 is 5.22. The van der Waals surface area contributed by atoms with Crippen molar-refractivity contribution in [2.45, 2.75) is 38.3 Å². The lowest BCUT2D eigenvalue weighted by Crippen LogP contribution is -3.13. The van der Waals surface area contributed by atoms with Gasteiger partial charge in [-0.05, 0) is 55.0 Å². The molecule has 2 fully saturated rings. The van der Waals surface area contributed by atoms with Gasteiger partial charge in [-0.25, -0.2) is 0 Å². The standard InChI is InChI=1S/C23H27N3O3/c1-29-21-12-4-17(5-13-21)15-25(19-10-11-19)16-22(27)24-18-6-8-20(9-7-18)26-14-2-3-23(26)28/h4-9,12-13,19H,2-3,10-11,14-16H2,1H3,(H,24,27)/p+1. The van der Waals surface area contributed by atoms with Crippen molar-refractivity contribution in [1.82, 2.24) is 0 Å². The summed E-state index contributed by atoms with van der Waals surface area (Å²) in [6, 6.07) is 16.2. The molecule has 4 rings (SSSR count). The number of benzene rings is 2. The fraction of sp³-hybridized carbons (Fsp3) is 0.391. The van der Waals surface area contributed by atoms with Gasteiger partial charge in [0.2, 0.25) is 5.91 Å². The molecule has 2 amide bonds. The number of anilines is 2. The van der Waals surface area contributed by atoms with Gasteiger partial charge in [-0.2, -0.15) is 0 Å². The number of quaternary nitrogens is 1. The smallest absolute Gasteiger partial charge is 0.279 e. The van der Waals surface area contributed by atoms with Gasteiger partial charge in [0.05, 0.1) is 13.2 Å². The fourth-order valence-corrected chi connectivity index (χ4v) is 3.91. The normalized spacial score (nSPS) is 17.3. The van der Waals surface area contributed by atoms with Crippen molar-refractivity contribution in [3.8, 4) is 5.75 Å². The number of hydrogen-bond acceptors (Lipinski definition) is 3. The van der Waals surface area contributed by atoms with E-state index in [1.54, 1.807) is 12.0 Å². The van der Waals surface area contributed by atoms with E-state index in [1.165, 1.54) is 23.3 Å². The van der Waals surface area contributed by atoms with E-state index in [9.17, 15) is 9.59 Å². The van der Waals surface area contributed by atoms with Crippen LogP contribution in [-0.4, -0.2) is 38.1 Å². The summed E-state index contributed by atoms with van der Waals surface area (Å²) in [6.07, 6.45) is 3.88. The predicted molar refractivity (Wildman–Crippen MR) is 112 cm³/mol. The van der Waals surface area contributed by atoms with E-state index in [2.05, 4.69) is 17.4 Å². The zero-order valence-electron chi connectivity index (χ0n) is 16.8. The zero-order chi connectivity index (χ0) is 20.2. The second-order valence-electron chi connectivity index (χ2n) is 7.88. The summed E-state index contributed by atoms with van der Waals surface area (Å²) in [5, 5.41) is 3.00. The Balaban J connectivity index is 1.34. The number of carbonyl (C=O) groups is 2. The van der Waals surface area contributed by atoms with Gasteiger partial charge < -0.3 is 19.9 Å². The molecule has 6 heteroatoms. The Morgan fingerprint density at radius 1 is 1.14 bits per heavy atom. The van der Waals surface area contributed by atoms with Crippen LogP contribution in [0.3, 0.4) is 0 Å². The third-order valence-corrected chi connectivity index (χ3v) is 5.67. The quantitative estimate of drug-likeness (QED) is 0.720. The molecule has 1 unspecified atom stereocenters. The lowest BCUT2D eigenvalue weighted by Gasteiger charge is -2.19. The van der Waals surface area contributed by atoms with Crippen molar-refractivity contribution in [1.29, 1.82) is 0 Å². The monoisotopic (exact) mass is 394 g/mol. The van der Waals surface area contributed by atoms with Crippen LogP contribution in [0.4, 0.5) is 11.4 Å². The molecule has 0 aromatic heterocycles. The Hall–Kier alpha value is -2.86. The maximum atomic E-state index is 12.6. The van der Waals surface area contributed by atoms with Gasteiger partial charge in [0.1, 0.15) is 12.3 Å². The number of hydrogen-bond donors (Lipinski definition) is 2. The lowest BCUT2D eigenvalue weighted by atomic mass is 10.2. The van der Waals surface area contributed by atoms with Gasteiger partial charge in [0, 0.05) is 42.7 Å². The minimum absolute atomic E-state index is 0.0189. The minimum Gasteiger partial charge on any atom is -0.497 e. The molecule has 2 aromatic rings. The Kier molecular flexibility index (Phi) is 5.81. The molecule has 2 aliphatic rings. The van der Waals surface area contributed by atoms with E-state index >= 15 is 0 Å². The van der Waals surface area contributed by atoms with Crippen LogP contribution in [0.1, 0.15) is 31.2 Å². The zero-order valence-corrected chi connectivity index (χ0v) is 16.8. The third kappa shape index (κ3) is 4.95. The van der Waals surface area contributed by atoms with Crippen molar-refractivity contribution >= 4 is 23.2 Å². The van der Waals surface area contributed by atoms with Crippen molar-refractivity contribution in [3.05, 3.63) is 54.1 Å². The molecule has 0 spiro atoms. The predicted octanol–water partition coefficient (Wildman–Crippen LogP) is 2.01. The summed E-state index contributed by atoms with van der Waals surface area (Å²) in [5.41, 5.74) is 2.88. The molecule has 2 N–H and O–H groups in total. The number of nitrogens with one attached hydrogen (secondary N) is 2. The molecule has 1 saturated carbocycles. The van der Waals surface area contributed by atoms with Crippen molar-refractivity contribution in [2.75, 3.05) is 30.4 Å². The molecular weight excluding hydrogens is 366 g/mol. The molecule has 1 aliphatic heterocycles. The van der Waals surface area contributed by atoms with Crippen molar-refractivity contribution in [3.63, 3.8) is 0 Å². The fourth-order valence-electron chi connectivity index (χ4n) is 3.91. The second kappa shape index (κ2) is 8.66. The van der Waals surface area contributed by atoms with Crippen LogP contribution in [0.25, 0.3) is 0 Å². The van der Waals surface area contributed by atoms with Gasteiger partial charge in [0.25, 0.3) is 5.91 Å². The summed E-state index contributed by atoms with van der Waals surface area (Å²) in [4.78, 5) is 27.6. The Morgan fingerprint density at radius 3 is 2.45 bits per heavy atom. The summed E-state index contributed by atoms with van der Waals surface area (Å²) in [5.74, 6) is 1.04. The van der Waals surface area contributed by atoms with Crippen LogP contribution in [0.5, 0.6) is 5.75 Å². The molecule has 29 heavy (non-hydrogen) atoms. The highest BCUT2D eigenvalue weighted by Gasteiger charge is 2.34. The topological polar surface area (TPSA) is 63.1 Å². The maximum absolute atomic E-state index is 12.6. The molecule has 1 aliphatic carbocycles. The second-order valence-corrected chi connectivity index (χ2v) is 7.88. The van der Waals surface area contributed by atoms with E-state index in [4.69, 9.17) is 4.74 Å². The molecule has 0 radical (unpaired) electrons. The summed E-state index contributed by atoms with van der Waals surface area (Å²) >= 11 is 0. The van der Waals surface area contributed by atoms with E-state index in [-0.39, 0.29) is 11.8 Å². The largest absolute Gasteiger partial charge is 0.497 e. The number of ether oxygens (including phenoxy) is 1. The van der Waals surface area contributed by atoms with Crippen LogP contribution in [0, 0.1) is 0 Å². The van der Waals surface area contributed by atoms with Gasteiger partial charge in [0.15, 0.2) is 6.54 Å².